The van der Waals surface area contributed by atoms with Crippen LogP contribution in [0.1, 0.15) is 13.3 Å². The Morgan fingerprint density at radius 1 is 1.25 bits per heavy atom. The first-order valence-electron chi connectivity index (χ1n) is 5.37. The smallest absolute Gasteiger partial charge is 0.300 e. The Balaban J connectivity index is 0. The molecule has 0 aromatic heterocycles. The molecule has 0 bridgehead atoms. The first-order chi connectivity index (χ1) is 9.11. The molecule has 0 heterocycles. The number of amides is 2. The number of nitriles is 1. The third-order valence-electron chi connectivity index (χ3n) is 1.68. The second kappa shape index (κ2) is 10.1. The van der Waals surface area contributed by atoms with Gasteiger partial charge in [0.15, 0.2) is 0 Å². The number of nitrogens with two attached hydrogens (primary N) is 2. The predicted molar refractivity (Wildman–Crippen MR) is 71.8 cm³/mol. The van der Waals surface area contributed by atoms with Gasteiger partial charge in [0.25, 0.3) is 11.9 Å². The molecular formula is C12H18N4O4. The molecule has 0 aromatic carbocycles. The summed E-state index contributed by atoms with van der Waals surface area (Å²) in [5, 5.41) is 16.1. The molecule has 0 saturated heterocycles. The van der Waals surface area contributed by atoms with E-state index in [1.54, 1.807) is 14.1 Å². The van der Waals surface area contributed by atoms with E-state index in [4.69, 9.17) is 26.6 Å². The number of likely N-dealkylation sites (N-methyl/N-ethyl adjacent to an activating group) is 1. The normalized spacial score (nSPS) is 10.7. The van der Waals surface area contributed by atoms with Crippen molar-refractivity contribution in [3.8, 4) is 6.07 Å². The van der Waals surface area contributed by atoms with E-state index in [9.17, 15) is 9.59 Å². The van der Waals surface area contributed by atoms with E-state index in [1.807, 2.05) is 6.07 Å². The van der Waals surface area contributed by atoms with Crippen LogP contribution in [0.3, 0.4) is 0 Å². The van der Waals surface area contributed by atoms with Gasteiger partial charge in [0.2, 0.25) is 5.91 Å². The lowest BCUT2D eigenvalue weighted by atomic mass is 10.2. The molecule has 0 unspecified atom stereocenters. The molecular weight excluding hydrogens is 264 g/mol. The highest BCUT2D eigenvalue weighted by Crippen LogP contribution is 2.03. The molecule has 0 fully saturated rings. The van der Waals surface area contributed by atoms with Gasteiger partial charge in [-0.2, -0.15) is 5.26 Å². The summed E-state index contributed by atoms with van der Waals surface area (Å²) in [6, 6.07) is 1.81. The van der Waals surface area contributed by atoms with Gasteiger partial charge in [-0.05, 0) is 12.2 Å². The molecule has 0 aliphatic rings. The third-order valence-corrected chi connectivity index (χ3v) is 1.68. The number of rotatable bonds is 5. The van der Waals surface area contributed by atoms with Gasteiger partial charge >= 0.3 is 0 Å². The summed E-state index contributed by atoms with van der Waals surface area (Å²) in [7, 11) is 3.29. The first-order valence-corrected chi connectivity index (χ1v) is 5.37. The van der Waals surface area contributed by atoms with Crippen LogP contribution in [0.15, 0.2) is 23.4 Å². The number of carboxylic acids is 1. The van der Waals surface area contributed by atoms with Crippen molar-refractivity contribution in [2.75, 3.05) is 14.1 Å². The van der Waals surface area contributed by atoms with E-state index in [-0.39, 0.29) is 17.7 Å². The second-order valence-corrected chi connectivity index (χ2v) is 3.78. The topological polar surface area (TPSA) is 151 Å². The van der Waals surface area contributed by atoms with Crippen molar-refractivity contribution in [2.45, 2.75) is 13.3 Å². The van der Waals surface area contributed by atoms with Gasteiger partial charge in [0.1, 0.15) is 5.70 Å². The zero-order chi connectivity index (χ0) is 16.3. The monoisotopic (exact) mass is 282 g/mol. The number of aliphatic carboxylic acids is 1. The van der Waals surface area contributed by atoms with Crippen LogP contribution in [0.2, 0.25) is 0 Å². The van der Waals surface area contributed by atoms with E-state index in [2.05, 4.69) is 0 Å². The molecule has 8 heteroatoms. The molecule has 8 nitrogen and oxygen atoms in total. The van der Waals surface area contributed by atoms with Crippen LogP contribution in [0.25, 0.3) is 0 Å². The van der Waals surface area contributed by atoms with Crippen LogP contribution in [0.5, 0.6) is 0 Å². The molecule has 0 spiro atoms. The van der Waals surface area contributed by atoms with Gasteiger partial charge in [-0.3, -0.25) is 14.4 Å². The fourth-order valence-electron chi connectivity index (χ4n) is 0.955. The fourth-order valence-corrected chi connectivity index (χ4v) is 0.955. The van der Waals surface area contributed by atoms with Crippen molar-refractivity contribution in [1.82, 2.24) is 4.90 Å². The minimum absolute atomic E-state index is 0.160. The van der Waals surface area contributed by atoms with E-state index in [0.29, 0.717) is 0 Å². The Morgan fingerprint density at radius 3 is 1.95 bits per heavy atom. The van der Waals surface area contributed by atoms with Crippen LogP contribution in [0, 0.1) is 11.3 Å². The van der Waals surface area contributed by atoms with Crippen LogP contribution in [-0.2, 0) is 14.4 Å². The maximum absolute atomic E-state index is 11.0. The van der Waals surface area contributed by atoms with Crippen molar-refractivity contribution < 1.29 is 19.5 Å². The van der Waals surface area contributed by atoms with Crippen molar-refractivity contribution in [3.05, 3.63) is 23.4 Å². The maximum Gasteiger partial charge on any atom is 0.300 e. The van der Waals surface area contributed by atoms with E-state index in [1.165, 1.54) is 17.1 Å². The number of carbonyl (C=O) groups is 3. The standard InChI is InChI=1S/C10H14N4O2.C2H4O2/c1-14(2)8(10(13)16)4-3-7(6-11)5-9(12)15;1-2(3)4/h3-4H,5H2,1-2H3,(H2,12,15)(H2,13,16);1H3,(H,3,4). The largest absolute Gasteiger partial charge is 0.481 e. The molecule has 0 saturated carbocycles. The number of hydrogen-bond donors (Lipinski definition) is 3. The van der Waals surface area contributed by atoms with Crippen molar-refractivity contribution in [1.29, 1.82) is 5.26 Å². The van der Waals surface area contributed by atoms with Crippen LogP contribution >= 0.6 is 0 Å². The van der Waals surface area contributed by atoms with Crippen LogP contribution in [-0.4, -0.2) is 41.9 Å². The van der Waals surface area contributed by atoms with Gasteiger partial charge in [-0.1, -0.05) is 0 Å². The SMILES string of the molecule is CC(=O)O.CN(C)C(=CC=C(C#N)CC(N)=O)C(N)=O. The Bertz CT molecular complexity index is 468. The molecule has 0 rings (SSSR count). The molecule has 0 aliphatic heterocycles. The lowest BCUT2D eigenvalue weighted by molar-refractivity contribution is -0.134. The summed E-state index contributed by atoms with van der Waals surface area (Å²) in [5.41, 5.74) is 10.5. The Hall–Kier alpha value is -2.82. The number of primary amides is 2. The quantitative estimate of drug-likeness (QED) is 0.345. The van der Waals surface area contributed by atoms with Gasteiger partial charge < -0.3 is 21.5 Å². The minimum Gasteiger partial charge on any atom is -0.481 e. The average Bonchev–Trinajstić information content (AvgIpc) is 2.25. The van der Waals surface area contributed by atoms with E-state index < -0.39 is 17.8 Å². The highest BCUT2D eigenvalue weighted by atomic mass is 16.4. The second-order valence-electron chi connectivity index (χ2n) is 3.78. The Kier molecular flexibility index (Phi) is 9.89. The zero-order valence-electron chi connectivity index (χ0n) is 11.6. The summed E-state index contributed by atoms with van der Waals surface area (Å²) < 4.78 is 0. The predicted octanol–water partition coefficient (Wildman–Crippen LogP) is -0.667. The lowest BCUT2D eigenvalue weighted by Crippen LogP contribution is -2.25. The van der Waals surface area contributed by atoms with Crippen LogP contribution < -0.4 is 11.5 Å². The molecule has 0 atom stereocenters. The summed E-state index contributed by atoms with van der Waals surface area (Å²) in [4.78, 5) is 32.1. The molecule has 20 heavy (non-hydrogen) atoms. The molecule has 0 radical (unpaired) electrons. The number of carboxylic acid groups (broad SMARTS) is 1. The third kappa shape index (κ3) is 11.7. The molecule has 2 amide bonds. The summed E-state index contributed by atoms with van der Waals surface area (Å²) in [6.45, 7) is 1.08. The Morgan fingerprint density at radius 2 is 1.70 bits per heavy atom. The minimum atomic E-state index is -0.833. The number of allylic oxidation sites excluding steroid dienone is 2. The van der Waals surface area contributed by atoms with Gasteiger partial charge in [0.05, 0.1) is 12.5 Å². The van der Waals surface area contributed by atoms with Crippen molar-refractivity contribution in [2.24, 2.45) is 11.5 Å². The molecule has 110 valence electrons. The van der Waals surface area contributed by atoms with Crippen molar-refractivity contribution >= 4 is 17.8 Å². The highest BCUT2D eigenvalue weighted by Gasteiger charge is 2.06. The lowest BCUT2D eigenvalue weighted by Gasteiger charge is -2.12. The van der Waals surface area contributed by atoms with Gasteiger partial charge in [-0.25, -0.2) is 0 Å². The van der Waals surface area contributed by atoms with Gasteiger partial charge in [0, 0.05) is 26.6 Å². The van der Waals surface area contributed by atoms with E-state index >= 15 is 0 Å². The number of carbonyl (C=O) groups excluding carboxylic acids is 2. The average molecular weight is 282 g/mol. The summed E-state index contributed by atoms with van der Waals surface area (Å²) in [6.07, 6.45) is 2.57. The Labute approximate surface area is 116 Å². The molecule has 5 N–H and O–H groups in total. The molecule has 0 aromatic rings. The van der Waals surface area contributed by atoms with E-state index in [0.717, 1.165) is 6.92 Å². The maximum atomic E-state index is 11.0. The molecule has 0 aliphatic carbocycles. The zero-order valence-corrected chi connectivity index (χ0v) is 11.6. The first kappa shape index (κ1) is 19.5. The fraction of sp³-hybridized carbons (Fsp3) is 0.333. The summed E-state index contributed by atoms with van der Waals surface area (Å²) in [5.74, 6) is -2.05. The van der Waals surface area contributed by atoms with Gasteiger partial charge in [-0.15, -0.1) is 0 Å². The number of hydrogen-bond acceptors (Lipinski definition) is 5. The summed E-state index contributed by atoms with van der Waals surface area (Å²) >= 11 is 0. The van der Waals surface area contributed by atoms with Crippen molar-refractivity contribution in [3.63, 3.8) is 0 Å². The van der Waals surface area contributed by atoms with Crippen LogP contribution in [0.4, 0.5) is 0 Å². The highest BCUT2D eigenvalue weighted by molar-refractivity contribution is 5.91. The number of nitrogens with zero attached hydrogens (tertiary/aromatic N) is 2.